The zero-order chi connectivity index (χ0) is 5.98. The van der Waals surface area contributed by atoms with Crippen LogP contribution in [0.4, 0.5) is 0 Å². The summed E-state index contributed by atoms with van der Waals surface area (Å²) in [4.78, 5) is 7.72. The molecule has 8 heavy (non-hydrogen) atoms. The summed E-state index contributed by atoms with van der Waals surface area (Å²) in [5.74, 6) is 0. The van der Waals surface area contributed by atoms with E-state index in [1.807, 2.05) is 6.92 Å². The van der Waals surface area contributed by atoms with Gasteiger partial charge in [-0.1, -0.05) is 0 Å². The van der Waals surface area contributed by atoms with Crippen LogP contribution < -0.4 is 0 Å². The van der Waals surface area contributed by atoms with Gasteiger partial charge < -0.3 is 0 Å². The molecule has 0 saturated carbocycles. The molecule has 0 aromatic carbocycles. The van der Waals surface area contributed by atoms with E-state index in [9.17, 15) is 0 Å². The first-order valence-corrected chi connectivity index (χ1v) is 2.93. The molecule has 0 aromatic heterocycles. The van der Waals surface area contributed by atoms with E-state index in [0.29, 0.717) is 0 Å². The minimum Gasteiger partial charge on any atom is -0.269 e. The molecule has 2 atom stereocenters. The van der Waals surface area contributed by atoms with Gasteiger partial charge in [0, 0.05) is 6.21 Å². The van der Waals surface area contributed by atoms with Crippen LogP contribution in [0.25, 0.3) is 0 Å². The summed E-state index contributed by atoms with van der Waals surface area (Å²) in [5, 5.41) is -0.0139. The van der Waals surface area contributed by atoms with Crippen molar-refractivity contribution >= 4 is 24.2 Å². The normalized spacial score (nSPS) is 35.8. The molecular formula is C5H7ClN2. The van der Waals surface area contributed by atoms with E-state index in [2.05, 4.69) is 9.98 Å². The third kappa shape index (κ3) is 1.07. The molecule has 2 nitrogen and oxygen atoms in total. The molecule has 0 fully saturated rings. The average molecular weight is 131 g/mol. The molecule has 0 aromatic rings. The summed E-state index contributed by atoms with van der Waals surface area (Å²) >= 11 is 5.70. The van der Waals surface area contributed by atoms with Crippen molar-refractivity contribution in [3.63, 3.8) is 0 Å². The standard InChI is InChI=1S/C5H7ClN2/c1-4-5(6)2-7-3-8-4/h2-5H,1H3/t4-,5-/m1/s1. The van der Waals surface area contributed by atoms with Crippen LogP contribution in [0.15, 0.2) is 9.98 Å². The predicted octanol–water partition coefficient (Wildman–Crippen LogP) is 1.09. The first-order valence-electron chi connectivity index (χ1n) is 2.50. The number of hydrogen-bond acceptors (Lipinski definition) is 2. The van der Waals surface area contributed by atoms with E-state index in [4.69, 9.17) is 11.6 Å². The van der Waals surface area contributed by atoms with Crippen LogP contribution in [0.2, 0.25) is 0 Å². The third-order valence-corrected chi connectivity index (χ3v) is 1.54. The fourth-order valence-corrected chi connectivity index (χ4v) is 0.601. The SMILES string of the molecule is C[C@H]1N=CN=C[C@H]1Cl. The zero-order valence-corrected chi connectivity index (χ0v) is 5.34. The minimum absolute atomic E-state index is 0.0139. The highest BCUT2D eigenvalue weighted by Crippen LogP contribution is 2.05. The van der Waals surface area contributed by atoms with Crippen LogP contribution in [0.3, 0.4) is 0 Å². The fraction of sp³-hybridized carbons (Fsp3) is 0.600. The lowest BCUT2D eigenvalue weighted by molar-refractivity contribution is 0.789. The Morgan fingerprint density at radius 2 is 2.38 bits per heavy atom. The van der Waals surface area contributed by atoms with Crippen LogP contribution >= 0.6 is 11.6 Å². The summed E-state index contributed by atoms with van der Waals surface area (Å²) in [5.41, 5.74) is 0. The lowest BCUT2D eigenvalue weighted by Crippen LogP contribution is -2.19. The quantitative estimate of drug-likeness (QED) is 0.439. The van der Waals surface area contributed by atoms with Crippen molar-refractivity contribution in [3.05, 3.63) is 0 Å². The molecular weight excluding hydrogens is 124 g/mol. The topological polar surface area (TPSA) is 24.7 Å². The van der Waals surface area contributed by atoms with Crippen LogP contribution in [0, 0.1) is 0 Å². The highest BCUT2D eigenvalue weighted by atomic mass is 35.5. The van der Waals surface area contributed by atoms with Gasteiger partial charge in [-0.3, -0.25) is 4.99 Å². The minimum atomic E-state index is -0.0139. The smallest absolute Gasteiger partial charge is 0.109 e. The summed E-state index contributed by atoms with van der Waals surface area (Å²) < 4.78 is 0. The molecule has 0 bridgehead atoms. The monoisotopic (exact) mass is 130 g/mol. The number of rotatable bonds is 0. The molecule has 0 unspecified atom stereocenters. The molecule has 1 aliphatic rings. The van der Waals surface area contributed by atoms with Crippen LogP contribution in [0.5, 0.6) is 0 Å². The molecule has 0 amide bonds. The van der Waals surface area contributed by atoms with E-state index in [-0.39, 0.29) is 11.4 Å². The van der Waals surface area contributed by atoms with Crippen molar-refractivity contribution in [1.29, 1.82) is 0 Å². The van der Waals surface area contributed by atoms with Gasteiger partial charge in [-0.2, -0.15) is 0 Å². The Bertz CT molecular complexity index is 114. The lowest BCUT2D eigenvalue weighted by Gasteiger charge is -2.09. The van der Waals surface area contributed by atoms with Gasteiger partial charge in [0.25, 0.3) is 0 Å². The van der Waals surface area contributed by atoms with Crippen molar-refractivity contribution in [2.75, 3.05) is 0 Å². The Hall–Kier alpha value is -0.370. The first kappa shape index (κ1) is 5.76. The molecule has 1 rings (SSSR count). The second kappa shape index (κ2) is 2.27. The number of hydrogen-bond donors (Lipinski definition) is 0. The number of nitrogens with zero attached hydrogens (tertiary/aromatic N) is 2. The number of alkyl halides is 1. The third-order valence-electron chi connectivity index (χ3n) is 1.06. The second-order valence-corrected chi connectivity index (χ2v) is 2.25. The molecule has 0 N–H and O–H groups in total. The molecule has 0 spiro atoms. The largest absolute Gasteiger partial charge is 0.269 e. The van der Waals surface area contributed by atoms with E-state index >= 15 is 0 Å². The lowest BCUT2D eigenvalue weighted by atomic mass is 10.2. The summed E-state index contributed by atoms with van der Waals surface area (Å²) in [6.07, 6.45) is 3.22. The summed E-state index contributed by atoms with van der Waals surface area (Å²) in [6, 6.07) is 0.189. The molecule has 0 saturated heterocycles. The van der Waals surface area contributed by atoms with Gasteiger partial charge in [-0.05, 0) is 6.92 Å². The van der Waals surface area contributed by atoms with Crippen molar-refractivity contribution < 1.29 is 0 Å². The molecule has 0 aliphatic carbocycles. The maximum atomic E-state index is 5.70. The van der Waals surface area contributed by atoms with Crippen LogP contribution in [0.1, 0.15) is 6.92 Å². The van der Waals surface area contributed by atoms with Gasteiger partial charge in [0.15, 0.2) is 0 Å². The highest BCUT2D eigenvalue weighted by molar-refractivity contribution is 6.29. The maximum absolute atomic E-state index is 5.70. The zero-order valence-electron chi connectivity index (χ0n) is 4.58. The predicted molar refractivity (Wildman–Crippen MR) is 36.1 cm³/mol. The van der Waals surface area contributed by atoms with E-state index < -0.39 is 0 Å². The maximum Gasteiger partial charge on any atom is 0.109 e. The van der Waals surface area contributed by atoms with Gasteiger partial charge in [0.2, 0.25) is 0 Å². The Kier molecular flexibility index (Phi) is 1.63. The fourth-order valence-electron chi connectivity index (χ4n) is 0.471. The van der Waals surface area contributed by atoms with Gasteiger partial charge in [-0.15, -0.1) is 11.6 Å². The molecule has 3 heteroatoms. The van der Waals surface area contributed by atoms with Crippen molar-refractivity contribution in [2.24, 2.45) is 9.98 Å². The number of aliphatic imine (C=N–C) groups is 2. The van der Waals surface area contributed by atoms with Gasteiger partial charge >= 0.3 is 0 Å². The van der Waals surface area contributed by atoms with Crippen LogP contribution in [-0.4, -0.2) is 24.0 Å². The second-order valence-electron chi connectivity index (χ2n) is 1.75. The van der Waals surface area contributed by atoms with Gasteiger partial charge in [-0.25, -0.2) is 4.99 Å². The van der Waals surface area contributed by atoms with Crippen molar-refractivity contribution in [1.82, 2.24) is 0 Å². The molecule has 44 valence electrons. The molecule has 1 aliphatic heterocycles. The average Bonchev–Trinajstić information content (AvgIpc) is 1.77. The highest BCUT2D eigenvalue weighted by Gasteiger charge is 2.10. The van der Waals surface area contributed by atoms with Crippen molar-refractivity contribution in [3.8, 4) is 0 Å². The number of halogens is 1. The Labute approximate surface area is 53.3 Å². The van der Waals surface area contributed by atoms with E-state index in [1.165, 1.54) is 6.34 Å². The Balaban J connectivity index is 2.59. The summed E-state index contributed by atoms with van der Waals surface area (Å²) in [6.45, 7) is 1.96. The molecule has 0 radical (unpaired) electrons. The van der Waals surface area contributed by atoms with Gasteiger partial charge in [0.05, 0.1) is 11.4 Å². The summed E-state index contributed by atoms with van der Waals surface area (Å²) in [7, 11) is 0. The van der Waals surface area contributed by atoms with Crippen molar-refractivity contribution in [2.45, 2.75) is 18.3 Å². The molecule has 1 heterocycles. The van der Waals surface area contributed by atoms with E-state index in [0.717, 1.165) is 0 Å². The van der Waals surface area contributed by atoms with E-state index in [1.54, 1.807) is 6.21 Å². The van der Waals surface area contributed by atoms with Crippen LogP contribution in [-0.2, 0) is 0 Å². The Morgan fingerprint density at radius 1 is 1.62 bits per heavy atom. The Morgan fingerprint density at radius 3 is 2.75 bits per heavy atom. The van der Waals surface area contributed by atoms with Gasteiger partial charge in [0.1, 0.15) is 6.34 Å². The first-order chi connectivity index (χ1) is 3.80.